The van der Waals surface area contributed by atoms with Gasteiger partial charge in [-0.3, -0.25) is 4.79 Å². The van der Waals surface area contributed by atoms with Gasteiger partial charge in [-0.15, -0.1) is 28.8 Å². The molecule has 1 fully saturated rings. The van der Waals surface area contributed by atoms with Crippen molar-refractivity contribution < 1.29 is 4.79 Å². The van der Waals surface area contributed by atoms with Gasteiger partial charge in [-0.2, -0.15) is 0 Å². The van der Waals surface area contributed by atoms with Crippen LogP contribution in [0.2, 0.25) is 0 Å². The highest BCUT2D eigenvalue weighted by molar-refractivity contribution is 7.18. The maximum atomic E-state index is 12.4. The van der Waals surface area contributed by atoms with Gasteiger partial charge in [0.05, 0.1) is 27.5 Å². The number of amides is 1. The molecule has 9 heteroatoms. The molecule has 1 aromatic carbocycles. The molecule has 3 heterocycles. The zero-order valence-electron chi connectivity index (χ0n) is 13.7. The molecule has 0 unspecified atom stereocenters. The number of anilines is 1. The standard InChI is InChI=1S/C16H18N6OS.ClH/c1-10-18-13-3-2-11(8-15(13)24-10)19-16(23)14-9-22(21-20-14)12-4-6-17-7-5-12;/h2-3,8-9,12,17H,4-7H2,1H3,(H,19,23);1H. The number of hydrogen-bond donors (Lipinski definition) is 2. The molecule has 3 aromatic rings. The number of nitrogens with one attached hydrogen (secondary N) is 2. The van der Waals surface area contributed by atoms with Crippen LogP contribution in [0.3, 0.4) is 0 Å². The summed E-state index contributed by atoms with van der Waals surface area (Å²) in [7, 11) is 0. The Morgan fingerprint density at radius 1 is 1.36 bits per heavy atom. The number of aromatic nitrogens is 4. The molecule has 2 aromatic heterocycles. The van der Waals surface area contributed by atoms with Crippen molar-refractivity contribution >= 4 is 45.6 Å². The topological polar surface area (TPSA) is 84.7 Å². The summed E-state index contributed by atoms with van der Waals surface area (Å²) in [5.41, 5.74) is 2.04. The van der Waals surface area contributed by atoms with E-state index in [4.69, 9.17) is 0 Å². The second kappa shape index (κ2) is 7.47. The van der Waals surface area contributed by atoms with Gasteiger partial charge >= 0.3 is 0 Å². The predicted molar refractivity (Wildman–Crippen MR) is 101 cm³/mol. The molecular formula is C16H19ClN6OS. The second-order valence-electron chi connectivity index (χ2n) is 5.93. The number of thiazole rings is 1. The molecule has 1 aliphatic rings. The van der Waals surface area contributed by atoms with Crippen molar-refractivity contribution in [2.24, 2.45) is 0 Å². The number of rotatable bonds is 3. The number of carbonyl (C=O) groups is 1. The number of carbonyl (C=O) groups excluding carboxylic acids is 1. The molecule has 2 N–H and O–H groups in total. The molecule has 0 radical (unpaired) electrons. The van der Waals surface area contributed by atoms with E-state index in [2.05, 4.69) is 25.9 Å². The Balaban J connectivity index is 0.00000182. The number of nitrogens with zero attached hydrogens (tertiary/aromatic N) is 4. The third-order valence-electron chi connectivity index (χ3n) is 4.18. The molecule has 1 saturated heterocycles. The van der Waals surface area contributed by atoms with Crippen LogP contribution in [0.15, 0.2) is 24.4 Å². The fourth-order valence-electron chi connectivity index (χ4n) is 2.94. The molecule has 0 aliphatic carbocycles. The van der Waals surface area contributed by atoms with Gasteiger partial charge in [0.1, 0.15) is 0 Å². The van der Waals surface area contributed by atoms with Crippen LogP contribution in [0.4, 0.5) is 5.69 Å². The molecule has 4 rings (SSSR count). The fraction of sp³-hybridized carbons (Fsp3) is 0.375. The Morgan fingerprint density at radius 3 is 2.96 bits per heavy atom. The van der Waals surface area contributed by atoms with Crippen LogP contribution in [0.5, 0.6) is 0 Å². The van der Waals surface area contributed by atoms with Crippen molar-refractivity contribution in [2.75, 3.05) is 18.4 Å². The molecule has 25 heavy (non-hydrogen) atoms. The minimum absolute atomic E-state index is 0. The van der Waals surface area contributed by atoms with Gasteiger partial charge in [0, 0.05) is 5.69 Å². The lowest BCUT2D eigenvalue weighted by molar-refractivity contribution is 0.102. The average Bonchev–Trinajstić information content (AvgIpc) is 3.21. The third-order valence-corrected chi connectivity index (χ3v) is 5.11. The quantitative estimate of drug-likeness (QED) is 0.732. The van der Waals surface area contributed by atoms with Gasteiger partial charge in [-0.05, 0) is 51.1 Å². The van der Waals surface area contributed by atoms with Crippen molar-refractivity contribution in [1.29, 1.82) is 0 Å². The van der Waals surface area contributed by atoms with E-state index >= 15 is 0 Å². The fourth-order valence-corrected chi connectivity index (χ4v) is 3.81. The number of benzene rings is 1. The molecule has 0 saturated carbocycles. The van der Waals surface area contributed by atoms with Crippen molar-refractivity contribution in [3.63, 3.8) is 0 Å². The second-order valence-corrected chi connectivity index (χ2v) is 7.17. The number of piperidine rings is 1. The number of fused-ring (bicyclic) bond motifs is 1. The first kappa shape index (κ1) is 17.8. The van der Waals surface area contributed by atoms with E-state index in [1.165, 1.54) is 0 Å². The third kappa shape index (κ3) is 3.81. The first-order valence-corrected chi connectivity index (χ1v) is 8.82. The summed E-state index contributed by atoms with van der Waals surface area (Å²) in [4.78, 5) is 16.8. The lowest BCUT2D eigenvalue weighted by Gasteiger charge is -2.22. The summed E-state index contributed by atoms with van der Waals surface area (Å²) in [6.45, 7) is 3.92. The van der Waals surface area contributed by atoms with E-state index in [0.717, 1.165) is 46.8 Å². The maximum absolute atomic E-state index is 12.4. The van der Waals surface area contributed by atoms with Crippen LogP contribution in [0.1, 0.15) is 34.4 Å². The highest BCUT2D eigenvalue weighted by Crippen LogP contribution is 2.25. The minimum Gasteiger partial charge on any atom is -0.320 e. The smallest absolute Gasteiger partial charge is 0.277 e. The van der Waals surface area contributed by atoms with Crippen LogP contribution < -0.4 is 10.6 Å². The molecule has 7 nitrogen and oxygen atoms in total. The first-order valence-electron chi connectivity index (χ1n) is 8.00. The zero-order valence-corrected chi connectivity index (χ0v) is 15.4. The lowest BCUT2D eigenvalue weighted by Crippen LogP contribution is -2.29. The average molecular weight is 379 g/mol. The van der Waals surface area contributed by atoms with Crippen LogP contribution in [0.25, 0.3) is 10.2 Å². The van der Waals surface area contributed by atoms with Gasteiger partial charge in [0.2, 0.25) is 0 Å². The van der Waals surface area contributed by atoms with Crippen LogP contribution in [-0.4, -0.2) is 39.0 Å². The molecule has 1 aliphatic heterocycles. The van der Waals surface area contributed by atoms with Crippen LogP contribution >= 0.6 is 23.7 Å². The summed E-state index contributed by atoms with van der Waals surface area (Å²) < 4.78 is 2.87. The Bertz CT molecular complexity index is 886. The summed E-state index contributed by atoms with van der Waals surface area (Å²) in [5.74, 6) is -0.240. The van der Waals surface area contributed by atoms with E-state index in [9.17, 15) is 4.79 Å². The molecule has 0 bridgehead atoms. The first-order chi connectivity index (χ1) is 11.7. The van der Waals surface area contributed by atoms with E-state index < -0.39 is 0 Å². The lowest BCUT2D eigenvalue weighted by atomic mass is 10.1. The Labute approximate surface area is 155 Å². The predicted octanol–water partition coefficient (Wildman–Crippen LogP) is 2.79. The highest BCUT2D eigenvalue weighted by Gasteiger charge is 2.19. The molecule has 0 atom stereocenters. The van der Waals surface area contributed by atoms with Gasteiger partial charge < -0.3 is 10.6 Å². The largest absolute Gasteiger partial charge is 0.320 e. The van der Waals surface area contributed by atoms with Gasteiger partial charge in [-0.1, -0.05) is 5.21 Å². The van der Waals surface area contributed by atoms with Gasteiger partial charge in [0.25, 0.3) is 5.91 Å². The monoisotopic (exact) mass is 378 g/mol. The van der Waals surface area contributed by atoms with Gasteiger partial charge in [-0.25, -0.2) is 9.67 Å². The van der Waals surface area contributed by atoms with Crippen molar-refractivity contribution in [3.8, 4) is 0 Å². The zero-order chi connectivity index (χ0) is 16.5. The number of hydrogen-bond acceptors (Lipinski definition) is 6. The molecule has 132 valence electrons. The normalized spacial score (nSPS) is 15.1. The summed E-state index contributed by atoms with van der Waals surface area (Å²) in [6, 6.07) is 6.03. The van der Waals surface area contributed by atoms with E-state index in [-0.39, 0.29) is 18.3 Å². The minimum atomic E-state index is -0.240. The molecule has 1 amide bonds. The number of halogens is 1. The Hall–Kier alpha value is -2.03. The summed E-state index contributed by atoms with van der Waals surface area (Å²) in [5, 5.41) is 15.4. The molecular weight excluding hydrogens is 360 g/mol. The van der Waals surface area contributed by atoms with E-state index in [0.29, 0.717) is 11.7 Å². The summed E-state index contributed by atoms with van der Waals surface area (Å²) in [6.07, 6.45) is 3.75. The van der Waals surface area contributed by atoms with E-state index in [1.54, 1.807) is 17.5 Å². The summed E-state index contributed by atoms with van der Waals surface area (Å²) >= 11 is 1.61. The Kier molecular flexibility index (Phi) is 5.31. The van der Waals surface area contributed by atoms with Crippen LogP contribution in [-0.2, 0) is 0 Å². The van der Waals surface area contributed by atoms with E-state index in [1.807, 2.05) is 29.8 Å². The van der Waals surface area contributed by atoms with Gasteiger partial charge in [0.15, 0.2) is 5.69 Å². The van der Waals surface area contributed by atoms with Crippen molar-refractivity contribution in [3.05, 3.63) is 35.1 Å². The highest BCUT2D eigenvalue weighted by atomic mass is 35.5. The molecule has 0 spiro atoms. The maximum Gasteiger partial charge on any atom is 0.277 e. The van der Waals surface area contributed by atoms with Crippen molar-refractivity contribution in [2.45, 2.75) is 25.8 Å². The SMILES string of the molecule is Cc1nc2ccc(NC(=O)c3cn(C4CCNCC4)nn3)cc2s1.Cl. The Morgan fingerprint density at radius 2 is 2.16 bits per heavy atom. The van der Waals surface area contributed by atoms with Crippen molar-refractivity contribution in [1.82, 2.24) is 25.3 Å². The van der Waals surface area contributed by atoms with Crippen LogP contribution in [0, 0.1) is 6.92 Å². The number of aryl methyl sites for hydroxylation is 1.